The van der Waals surface area contributed by atoms with Gasteiger partial charge in [-0.25, -0.2) is 10.6 Å². The molecule has 9 heteroatoms. The van der Waals surface area contributed by atoms with Crippen molar-refractivity contribution in [2.45, 2.75) is 12.8 Å². The van der Waals surface area contributed by atoms with Crippen LogP contribution in [0.2, 0.25) is 0 Å². The Balaban J connectivity index is 2.35. The minimum atomic E-state index is -0.851. The minimum absolute atomic E-state index is 0.0312. The van der Waals surface area contributed by atoms with Gasteiger partial charge in [-0.05, 0) is 12.8 Å². The van der Waals surface area contributed by atoms with Crippen molar-refractivity contribution in [3.63, 3.8) is 0 Å². The van der Waals surface area contributed by atoms with E-state index < -0.39 is 6.03 Å². The first-order chi connectivity index (χ1) is 8.61. The smallest absolute Gasteiger partial charge is 0.336 e. The molecule has 0 aliphatic carbocycles. The number of carbonyl (C=O) groups is 1. The number of nitrogens with zero attached hydrogens (tertiary/aromatic N) is 5. The van der Waals surface area contributed by atoms with Gasteiger partial charge in [0.1, 0.15) is 0 Å². The monoisotopic (exact) mass is 253 g/mol. The summed E-state index contributed by atoms with van der Waals surface area (Å²) in [7, 11) is 1.43. The molecular weight excluding hydrogens is 238 g/mol. The lowest BCUT2D eigenvalue weighted by Gasteiger charge is -2.18. The van der Waals surface area contributed by atoms with Gasteiger partial charge in [0.15, 0.2) is 0 Å². The van der Waals surface area contributed by atoms with Gasteiger partial charge in [0.2, 0.25) is 5.95 Å². The molecule has 0 spiro atoms. The SMILES string of the molecule is COc1nc(N2CCCC2)nc(N(N)C(N)=O)n1. The van der Waals surface area contributed by atoms with E-state index in [2.05, 4.69) is 15.0 Å². The first-order valence-electron chi connectivity index (χ1n) is 5.51. The summed E-state index contributed by atoms with van der Waals surface area (Å²) >= 11 is 0. The summed E-state index contributed by atoms with van der Waals surface area (Å²) in [5.74, 6) is 5.87. The third kappa shape index (κ3) is 2.40. The second-order valence-corrected chi connectivity index (χ2v) is 3.82. The average molecular weight is 253 g/mol. The van der Waals surface area contributed by atoms with Gasteiger partial charge in [-0.1, -0.05) is 0 Å². The van der Waals surface area contributed by atoms with E-state index in [-0.39, 0.29) is 12.0 Å². The normalized spacial score (nSPS) is 14.7. The molecule has 18 heavy (non-hydrogen) atoms. The molecule has 1 fully saturated rings. The van der Waals surface area contributed by atoms with E-state index in [4.69, 9.17) is 16.3 Å². The average Bonchev–Trinajstić information content (AvgIpc) is 2.91. The summed E-state index contributed by atoms with van der Waals surface area (Å²) in [6, 6.07) is -0.755. The number of aromatic nitrogens is 3. The van der Waals surface area contributed by atoms with E-state index in [1.807, 2.05) is 4.90 Å². The van der Waals surface area contributed by atoms with Crippen LogP contribution in [0.3, 0.4) is 0 Å². The van der Waals surface area contributed by atoms with Crippen LogP contribution in [0.1, 0.15) is 12.8 Å². The van der Waals surface area contributed by atoms with Gasteiger partial charge >= 0.3 is 12.0 Å². The Morgan fingerprint density at radius 3 is 2.56 bits per heavy atom. The van der Waals surface area contributed by atoms with E-state index in [9.17, 15) is 4.79 Å². The predicted molar refractivity (Wildman–Crippen MR) is 64.1 cm³/mol. The van der Waals surface area contributed by atoms with Crippen LogP contribution in [0.4, 0.5) is 16.7 Å². The largest absolute Gasteiger partial charge is 0.467 e. The quantitative estimate of drug-likeness (QED) is 0.412. The number of carbonyl (C=O) groups excluding carboxylic acids is 1. The lowest BCUT2D eigenvalue weighted by molar-refractivity contribution is 0.253. The standard InChI is InChI=1S/C9H15N7O2/c1-18-9-13-7(15-4-2-3-5-15)12-8(14-9)16(11)6(10)17/h2-5,11H2,1H3,(H2,10,17). The Morgan fingerprint density at radius 1 is 1.33 bits per heavy atom. The Labute approximate surface area is 104 Å². The molecule has 0 saturated carbocycles. The minimum Gasteiger partial charge on any atom is -0.467 e. The first kappa shape index (κ1) is 12.3. The van der Waals surface area contributed by atoms with Gasteiger partial charge in [-0.2, -0.15) is 20.0 Å². The fourth-order valence-corrected chi connectivity index (χ4v) is 1.69. The Kier molecular flexibility index (Phi) is 3.42. The highest BCUT2D eigenvalue weighted by molar-refractivity contribution is 5.87. The summed E-state index contributed by atoms with van der Waals surface area (Å²) in [6.07, 6.45) is 2.15. The summed E-state index contributed by atoms with van der Waals surface area (Å²) < 4.78 is 4.96. The van der Waals surface area contributed by atoms with Crippen LogP contribution >= 0.6 is 0 Å². The predicted octanol–water partition coefficient (Wildman–Crippen LogP) is -0.761. The number of ether oxygens (including phenoxy) is 1. The van der Waals surface area contributed by atoms with E-state index in [0.29, 0.717) is 11.0 Å². The summed E-state index contributed by atoms with van der Waals surface area (Å²) in [4.78, 5) is 25.1. The van der Waals surface area contributed by atoms with Crippen LogP contribution < -0.4 is 26.2 Å². The van der Waals surface area contributed by atoms with Crippen molar-refractivity contribution in [1.82, 2.24) is 15.0 Å². The molecule has 2 heterocycles. The molecule has 0 atom stereocenters. The maximum absolute atomic E-state index is 11.0. The zero-order valence-electron chi connectivity index (χ0n) is 10.0. The van der Waals surface area contributed by atoms with Gasteiger partial charge in [0.25, 0.3) is 5.95 Å². The number of amides is 2. The maximum atomic E-state index is 11.0. The number of methoxy groups -OCH3 is 1. The zero-order chi connectivity index (χ0) is 13.1. The zero-order valence-corrected chi connectivity index (χ0v) is 10.0. The van der Waals surface area contributed by atoms with E-state index in [1.54, 1.807) is 0 Å². The van der Waals surface area contributed by atoms with Crippen LogP contribution in [0, 0.1) is 0 Å². The van der Waals surface area contributed by atoms with E-state index in [0.717, 1.165) is 25.9 Å². The van der Waals surface area contributed by atoms with E-state index in [1.165, 1.54) is 7.11 Å². The maximum Gasteiger partial charge on any atom is 0.336 e. The molecular formula is C9H15N7O2. The Bertz CT molecular complexity index is 447. The van der Waals surface area contributed by atoms with Crippen molar-refractivity contribution in [3.8, 4) is 6.01 Å². The van der Waals surface area contributed by atoms with Gasteiger partial charge in [-0.15, -0.1) is 0 Å². The number of rotatable bonds is 3. The molecule has 0 unspecified atom stereocenters. The first-order valence-corrected chi connectivity index (χ1v) is 5.51. The third-order valence-corrected chi connectivity index (χ3v) is 2.62. The molecule has 2 amide bonds. The lowest BCUT2D eigenvalue weighted by atomic mass is 10.4. The van der Waals surface area contributed by atoms with Crippen LogP contribution in [-0.2, 0) is 0 Å². The molecule has 1 aliphatic rings. The van der Waals surface area contributed by atoms with Crippen molar-refractivity contribution >= 4 is 17.9 Å². The second-order valence-electron chi connectivity index (χ2n) is 3.82. The van der Waals surface area contributed by atoms with Crippen LogP contribution in [0.25, 0.3) is 0 Å². The van der Waals surface area contributed by atoms with Crippen molar-refractivity contribution < 1.29 is 9.53 Å². The summed E-state index contributed by atoms with van der Waals surface area (Å²) in [5.41, 5.74) is 5.07. The van der Waals surface area contributed by atoms with Crippen molar-refractivity contribution in [3.05, 3.63) is 0 Å². The van der Waals surface area contributed by atoms with Crippen LogP contribution in [0.15, 0.2) is 0 Å². The van der Waals surface area contributed by atoms with Crippen LogP contribution in [-0.4, -0.2) is 41.2 Å². The molecule has 98 valence electrons. The molecule has 1 saturated heterocycles. The number of hydrazine groups is 1. The molecule has 4 N–H and O–H groups in total. The highest BCUT2D eigenvalue weighted by Gasteiger charge is 2.20. The second kappa shape index (κ2) is 5.00. The number of hydrogen-bond donors (Lipinski definition) is 2. The van der Waals surface area contributed by atoms with Gasteiger partial charge in [0.05, 0.1) is 7.11 Å². The van der Waals surface area contributed by atoms with Gasteiger partial charge < -0.3 is 15.4 Å². The summed E-state index contributed by atoms with van der Waals surface area (Å²) in [6.45, 7) is 1.71. The molecule has 2 rings (SSSR count). The number of primary amides is 1. The van der Waals surface area contributed by atoms with Crippen molar-refractivity contribution in [2.24, 2.45) is 11.6 Å². The fourth-order valence-electron chi connectivity index (χ4n) is 1.69. The number of nitrogens with two attached hydrogens (primary N) is 2. The van der Waals surface area contributed by atoms with Crippen molar-refractivity contribution in [2.75, 3.05) is 30.1 Å². The highest BCUT2D eigenvalue weighted by atomic mass is 16.5. The topological polar surface area (TPSA) is 123 Å². The lowest BCUT2D eigenvalue weighted by Crippen LogP contribution is -2.43. The van der Waals surface area contributed by atoms with Crippen molar-refractivity contribution in [1.29, 1.82) is 0 Å². The molecule has 0 bridgehead atoms. The van der Waals surface area contributed by atoms with Crippen LogP contribution in [0.5, 0.6) is 6.01 Å². The van der Waals surface area contributed by atoms with Gasteiger partial charge in [0, 0.05) is 13.1 Å². The molecule has 9 nitrogen and oxygen atoms in total. The molecule has 0 aromatic carbocycles. The highest BCUT2D eigenvalue weighted by Crippen LogP contribution is 2.20. The molecule has 0 radical (unpaired) electrons. The number of urea groups is 1. The molecule has 1 aromatic rings. The Morgan fingerprint density at radius 2 is 2.00 bits per heavy atom. The third-order valence-electron chi connectivity index (χ3n) is 2.62. The summed E-state index contributed by atoms with van der Waals surface area (Å²) in [5, 5.41) is 0.657. The fraction of sp³-hybridized carbons (Fsp3) is 0.556. The number of anilines is 2. The number of hydrogen-bond acceptors (Lipinski definition) is 7. The molecule has 1 aliphatic heterocycles. The van der Waals surface area contributed by atoms with Gasteiger partial charge in [-0.3, -0.25) is 0 Å². The van der Waals surface area contributed by atoms with E-state index >= 15 is 0 Å². The Hall–Kier alpha value is -2.16. The molecule has 1 aromatic heterocycles.